The summed E-state index contributed by atoms with van der Waals surface area (Å²) in [6.45, 7) is 0.915. The van der Waals surface area contributed by atoms with E-state index in [1.165, 1.54) is 4.90 Å². The summed E-state index contributed by atoms with van der Waals surface area (Å²) in [6, 6.07) is 10.2. The molecule has 1 N–H and O–H groups in total. The largest absolute Gasteiger partial charge is 0.416 e. The van der Waals surface area contributed by atoms with Crippen LogP contribution < -0.4 is 9.62 Å². The van der Waals surface area contributed by atoms with Crippen LogP contribution in [-0.2, 0) is 32.3 Å². The number of amides is 2. The van der Waals surface area contributed by atoms with Crippen LogP contribution in [0.15, 0.2) is 48.5 Å². The minimum atomic E-state index is -4.75. The molecule has 3 rings (SSSR count). The van der Waals surface area contributed by atoms with Gasteiger partial charge in [0.1, 0.15) is 12.6 Å². The molecule has 2 aromatic rings. The normalized spacial score (nSPS) is 15.4. The van der Waals surface area contributed by atoms with E-state index in [1.807, 2.05) is 0 Å². The van der Waals surface area contributed by atoms with Crippen LogP contribution in [0.1, 0.15) is 56.6 Å². The second kappa shape index (κ2) is 13.0. The molecule has 2 aromatic carbocycles. The lowest BCUT2D eigenvalue weighted by Crippen LogP contribution is -2.54. The van der Waals surface area contributed by atoms with Crippen molar-refractivity contribution in [2.24, 2.45) is 0 Å². The van der Waals surface area contributed by atoms with Gasteiger partial charge < -0.3 is 10.2 Å². The maximum absolute atomic E-state index is 13.7. The van der Waals surface area contributed by atoms with Crippen LogP contribution >= 0.6 is 11.6 Å². The number of carbonyl (C=O) groups excluding carboxylic acids is 2. The van der Waals surface area contributed by atoms with Gasteiger partial charge in [-0.1, -0.05) is 68.1 Å². The molecular weight excluding hydrogens is 555 g/mol. The van der Waals surface area contributed by atoms with E-state index in [0.29, 0.717) is 15.9 Å². The number of halogens is 4. The van der Waals surface area contributed by atoms with Crippen molar-refractivity contribution in [3.63, 3.8) is 0 Å². The first-order valence-corrected chi connectivity index (χ1v) is 15.0. The molecule has 1 saturated carbocycles. The SMILES string of the molecule is CCC(C(=O)NC1CCCCC1)N(Cc1ccccc1)C(=O)CN(c1cc(C(F)(F)F)ccc1Cl)S(C)(=O)=O. The van der Waals surface area contributed by atoms with Gasteiger partial charge in [0, 0.05) is 12.6 Å². The lowest BCUT2D eigenvalue weighted by atomic mass is 9.95. The second-order valence-corrected chi connectivity index (χ2v) is 12.0. The molecule has 0 spiro atoms. The van der Waals surface area contributed by atoms with Gasteiger partial charge in [0.2, 0.25) is 21.8 Å². The molecule has 1 unspecified atom stereocenters. The maximum Gasteiger partial charge on any atom is 0.416 e. The first-order chi connectivity index (χ1) is 18.3. The molecule has 39 heavy (non-hydrogen) atoms. The van der Waals surface area contributed by atoms with Crippen molar-refractivity contribution in [3.8, 4) is 0 Å². The van der Waals surface area contributed by atoms with Gasteiger partial charge in [-0.2, -0.15) is 13.2 Å². The molecule has 0 saturated heterocycles. The van der Waals surface area contributed by atoms with Gasteiger partial charge in [-0.05, 0) is 43.0 Å². The quantitative estimate of drug-likeness (QED) is 0.404. The highest BCUT2D eigenvalue weighted by Gasteiger charge is 2.35. The van der Waals surface area contributed by atoms with E-state index in [2.05, 4.69) is 5.32 Å². The third-order valence-corrected chi connectivity index (χ3v) is 8.20. The number of rotatable bonds is 10. The van der Waals surface area contributed by atoms with Gasteiger partial charge in [-0.15, -0.1) is 0 Å². The van der Waals surface area contributed by atoms with E-state index < -0.39 is 45.9 Å². The summed E-state index contributed by atoms with van der Waals surface area (Å²) in [4.78, 5) is 28.4. The number of alkyl halides is 3. The van der Waals surface area contributed by atoms with Crippen molar-refractivity contribution >= 4 is 39.1 Å². The zero-order valence-electron chi connectivity index (χ0n) is 21.9. The van der Waals surface area contributed by atoms with Crippen molar-refractivity contribution in [1.29, 1.82) is 0 Å². The Balaban J connectivity index is 1.96. The first kappa shape index (κ1) is 30.7. The van der Waals surface area contributed by atoms with E-state index in [1.54, 1.807) is 37.3 Å². The topological polar surface area (TPSA) is 86.8 Å². The zero-order valence-corrected chi connectivity index (χ0v) is 23.5. The van der Waals surface area contributed by atoms with Gasteiger partial charge in [0.25, 0.3) is 0 Å². The number of carbonyl (C=O) groups is 2. The summed E-state index contributed by atoms with van der Waals surface area (Å²) in [5.41, 5.74) is -0.873. The maximum atomic E-state index is 13.7. The molecule has 0 radical (unpaired) electrons. The standard InChI is InChI=1S/C27H33ClF3N3O4S/c1-3-23(26(36)32-21-12-8-5-9-13-21)33(17-19-10-6-4-7-11-19)25(35)18-34(39(2,37)38)24-16-20(27(29,30)31)14-15-22(24)28/h4,6-7,10-11,14-16,21,23H,3,5,8-9,12-13,17-18H2,1-2H3,(H,32,36). The van der Waals surface area contributed by atoms with Gasteiger partial charge >= 0.3 is 6.18 Å². The Hall–Kier alpha value is -2.79. The van der Waals surface area contributed by atoms with Crippen LogP contribution in [0, 0.1) is 0 Å². The molecule has 1 aliphatic rings. The Morgan fingerprint density at radius 2 is 1.72 bits per heavy atom. The van der Waals surface area contributed by atoms with E-state index >= 15 is 0 Å². The Bertz CT molecular complexity index is 1250. The smallest absolute Gasteiger partial charge is 0.352 e. The Morgan fingerprint density at radius 3 is 2.28 bits per heavy atom. The lowest BCUT2D eigenvalue weighted by molar-refractivity contribution is -0.140. The molecule has 7 nitrogen and oxygen atoms in total. The van der Waals surface area contributed by atoms with Crippen molar-refractivity contribution in [2.45, 2.75) is 70.3 Å². The van der Waals surface area contributed by atoms with Crippen LogP contribution in [0.25, 0.3) is 0 Å². The molecule has 12 heteroatoms. The molecule has 1 aliphatic carbocycles. The number of benzene rings is 2. The monoisotopic (exact) mass is 587 g/mol. The van der Waals surface area contributed by atoms with Crippen molar-refractivity contribution in [2.75, 3.05) is 17.1 Å². The number of hydrogen-bond acceptors (Lipinski definition) is 4. The number of hydrogen-bond donors (Lipinski definition) is 1. The van der Waals surface area contributed by atoms with Crippen molar-refractivity contribution in [1.82, 2.24) is 10.2 Å². The van der Waals surface area contributed by atoms with Crippen molar-refractivity contribution in [3.05, 3.63) is 64.7 Å². The van der Waals surface area contributed by atoms with E-state index in [0.717, 1.165) is 50.5 Å². The summed E-state index contributed by atoms with van der Waals surface area (Å²) in [7, 11) is -4.25. The number of sulfonamides is 1. The summed E-state index contributed by atoms with van der Waals surface area (Å²) in [5, 5.41) is 2.76. The fraction of sp³-hybridized carbons (Fsp3) is 0.481. The van der Waals surface area contributed by atoms with E-state index in [9.17, 15) is 31.2 Å². The predicted octanol–water partition coefficient (Wildman–Crippen LogP) is 5.38. The molecule has 214 valence electrons. The minimum absolute atomic E-state index is 0.00416. The minimum Gasteiger partial charge on any atom is -0.352 e. The molecule has 0 bridgehead atoms. The van der Waals surface area contributed by atoms with E-state index in [-0.39, 0.29) is 29.9 Å². The average Bonchev–Trinajstić information content (AvgIpc) is 2.87. The highest BCUT2D eigenvalue weighted by atomic mass is 35.5. The molecule has 0 aliphatic heterocycles. The number of anilines is 1. The Morgan fingerprint density at radius 1 is 1.08 bits per heavy atom. The second-order valence-electron chi connectivity index (χ2n) is 9.71. The van der Waals surface area contributed by atoms with Gasteiger partial charge in [-0.3, -0.25) is 13.9 Å². The van der Waals surface area contributed by atoms with Crippen LogP contribution in [0.2, 0.25) is 5.02 Å². The Kier molecular flexibility index (Phi) is 10.3. The molecule has 1 atom stereocenters. The van der Waals surface area contributed by atoms with E-state index in [4.69, 9.17) is 11.6 Å². The molecule has 0 heterocycles. The summed E-state index contributed by atoms with van der Waals surface area (Å²) >= 11 is 6.13. The van der Waals surface area contributed by atoms with Crippen molar-refractivity contribution < 1.29 is 31.2 Å². The lowest BCUT2D eigenvalue weighted by Gasteiger charge is -2.34. The summed E-state index contributed by atoms with van der Waals surface area (Å²) in [5.74, 6) is -1.10. The fourth-order valence-corrected chi connectivity index (χ4v) is 5.84. The highest BCUT2D eigenvalue weighted by Crippen LogP contribution is 2.36. The molecule has 0 aromatic heterocycles. The van der Waals surface area contributed by atoms with Crippen LogP contribution in [0.5, 0.6) is 0 Å². The summed E-state index contributed by atoms with van der Waals surface area (Å²) < 4.78 is 66.2. The molecular formula is C27H33ClF3N3O4S. The fourth-order valence-electron chi connectivity index (χ4n) is 4.72. The Labute approximate surface area is 232 Å². The zero-order chi connectivity index (χ0) is 28.8. The third-order valence-electron chi connectivity index (χ3n) is 6.75. The van der Waals surface area contributed by atoms with Gasteiger partial charge in [0.05, 0.1) is 22.5 Å². The van der Waals surface area contributed by atoms with Crippen LogP contribution in [0.4, 0.5) is 18.9 Å². The van der Waals surface area contributed by atoms with Crippen LogP contribution in [-0.4, -0.2) is 50.0 Å². The highest BCUT2D eigenvalue weighted by molar-refractivity contribution is 7.92. The third kappa shape index (κ3) is 8.35. The number of nitrogens with zero attached hydrogens (tertiary/aromatic N) is 2. The predicted molar refractivity (Wildman–Crippen MR) is 145 cm³/mol. The van der Waals surface area contributed by atoms with Gasteiger partial charge in [-0.25, -0.2) is 8.42 Å². The average molecular weight is 588 g/mol. The summed E-state index contributed by atoms with van der Waals surface area (Å²) in [6.07, 6.45) is 1.05. The number of nitrogens with one attached hydrogen (secondary N) is 1. The van der Waals surface area contributed by atoms with Crippen LogP contribution in [0.3, 0.4) is 0 Å². The molecule has 2 amide bonds. The first-order valence-electron chi connectivity index (χ1n) is 12.8. The van der Waals surface area contributed by atoms with Gasteiger partial charge in [0.15, 0.2) is 0 Å². The molecule has 1 fully saturated rings.